The summed E-state index contributed by atoms with van der Waals surface area (Å²) in [6, 6.07) is 3.43. The van der Waals surface area contributed by atoms with Gasteiger partial charge in [0.1, 0.15) is 5.69 Å². The Morgan fingerprint density at radius 1 is 1.56 bits per heavy atom. The summed E-state index contributed by atoms with van der Waals surface area (Å²) in [5.74, 6) is 0.702. The van der Waals surface area contributed by atoms with Crippen LogP contribution in [0.2, 0.25) is 5.02 Å². The Bertz CT molecular complexity index is 484. The average Bonchev–Trinajstić information content (AvgIpc) is 2.66. The van der Waals surface area contributed by atoms with Gasteiger partial charge in [0, 0.05) is 6.20 Å². The van der Waals surface area contributed by atoms with Crippen LogP contribution in [0.25, 0.3) is 11.5 Å². The molecule has 1 N–H and O–H groups in total. The van der Waals surface area contributed by atoms with Crippen LogP contribution in [0.1, 0.15) is 12.8 Å². The zero-order valence-corrected chi connectivity index (χ0v) is 9.35. The third-order valence-corrected chi connectivity index (χ3v) is 2.21. The van der Waals surface area contributed by atoms with Crippen molar-refractivity contribution >= 4 is 11.6 Å². The van der Waals surface area contributed by atoms with Crippen molar-refractivity contribution in [3.8, 4) is 11.5 Å². The lowest BCUT2D eigenvalue weighted by Gasteiger charge is -1.96. The zero-order chi connectivity index (χ0) is 11.5. The Balaban J connectivity index is 2.28. The molecule has 2 rings (SSSR count). The normalized spacial score (nSPS) is 12.7. The highest BCUT2D eigenvalue weighted by Gasteiger charge is 2.13. The fourth-order valence-corrected chi connectivity index (χ4v) is 1.44. The number of aliphatic hydroxyl groups excluding tert-OH is 1. The van der Waals surface area contributed by atoms with Crippen molar-refractivity contribution in [3.05, 3.63) is 29.2 Å². The molecule has 2 aromatic rings. The van der Waals surface area contributed by atoms with Crippen molar-refractivity contribution in [2.45, 2.75) is 19.4 Å². The molecule has 0 aromatic carbocycles. The zero-order valence-electron chi connectivity index (χ0n) is 8.59. The van der Waals surface area contributed by atoms with Crippen molar-refractivity contribution < 1.29 is 9.63 Å². The molecule has 16 heavy (non-hydrogen) atoms. The van der Waals surface area contributed by atoms with Crippen molar-refractivity contribution in [2.24, 2.45) is 0 Å². The molecule has 5 nitrogen and oxygen atoms in total. The lowest BCUT2D eigenvalue weighted by atomic mass is 10.3. The highest BCUT2D eigenvalue weighted by Crippen LogP contribution is 2.22. The predicted molar refractivity (Wildman–Crippen MR) is 57.9 cm³/mol. The van der Waals surface area contributed by atoms with Gasteiger partial charge in [0.05, 0.1) is 17.5 Å². The largest absolute Gasteiger partial charge is 0.393 e. The fraction of sp³-hybridized carbons (Fsp3) is 0.300. The van der Waals surface area contributed by atoms with Crippen molar-refractivity contribution in [2.75, 3.05) is 0 Å². The lowest BCUT2D eigenvalue weighted by molar-refractivity contribution is 0.181. The van der Waals surface area contributed by atoms with Gasteiger partial charge in [-0.2, -0.15) is 4.98 Å². The molecule has 0 aliphatic heterocycles. The minimum atomic E-state index is -0.521. The van der Waals surface area contributed by atoms with Crippen LogP contribution in [0.5, 0.6) is 0 Å². The van der Waals surface area contributed by atoms with Gasteiger partial charge < -0.3 is 9.63 Å². The summed E-state index contributed by atoms with van der Waals surface area (Å²) < 4.78 is 4.97. The van der Waals surface area contributed by atoms with Gasteiger partial charge in [-0.05, 0) is 19.1 Å². The number of aromatic nitrogens is 3. The quantitative estimate of drug-likeness (QED) is 0.883. The molecule has 1 unspecified atom stereocenters. The maximum atomic E-state index is 9.17. The summed E-state index contributed by atoms with van der Waals surface area (Å²) in [6.07, 6.45) is 1.40. The van der Waals surface area contributed by atoms with Crippen LogP contribution in [-0.2, 0) is 6.42 Å². The van der Waals surface area contributed by atoms with Gasteiger partial charge in [0.2, 0.25) is 11.7 Å². The van der Waals surface area contributed by atoms with Crippen LogP contribution >= 0.6 is 11.6 Å². The average molecular weight is 240 g/mol. The first-order chi connectivity index (χ1) is 7.66. The molecule has 1 atom stereocenters. The summed E-state index contributed by atoms with van der Waals surface area (Å²) in [4.78, 5) is 8.16. The molecular weight excluding hydrogens is 230 g/mol. The van der Waals surface area contributed by atoms with Gasteiger partial charge in [0.25, 0.3) is 0 Å². The van der Waals surface area contributed by atoms with E-state index in [4.69, 9.17) is 16.1 Å². The minimum Gasteiger partial charge on any atom is -0.393 e. The molecule has 0 spiro atoms. The second kappa shape index (κ2) is 4.59. The van der Waals surface area contributed by atoms with Gasteiger partial charge in [-0.1, -0.05) is 16.8 Å². The van der Waals surface area contributed by atoms with Gasteiger partial charge in [-0.25, -0.2) is 0 Å². The van der Waals surface area contributed by atoms with E-state index < -0.39 is 6.10 Å². The second-order valence-electron chi connectivity index (χ2n) is 3.40. The van der Waals surface area contributed by atoms with E-state index in [1.807, 2.05) is 0 Å². The van der Waals surface area contributed by atoms with E-state index in [0.29, 0.717) is 28.9 Å². The van der Waals surface area contributed by atoms with Crippen molar-refractivity contribution in [3.63, 3.8) is 0 Å². The van der Waals surface area contributed by atoms with Crippen LogP contribution in [0, 0.1) is 0 Å². The molecule has 0 aliphatic rings. The number of nitrogens with zero attached hydrogens (tertiary/aromatic N) is 3. The third-order valence-electron chi connectivity index (χ3n) is 1.91. The van der Waals surface area contributed by atoms with E-state index in [-0.39, 0.29) is 0 Å². The van der Waals surface area contributed by atoms with Crippen LogP contribution in [0.4, 0.5) is 0 Å². The maximum Gasteiger partial charge on any atom is 0.229 e. The fourth-order valence-electron chi connectivity index (χ4n) is 1.24. The van der Waals surface area contributed by atoms with E-state index in [0.717, 1.165) is 0 Å². The molecular formula is C10H10ClN3O2. The van der Waals surface area contributed by atoms with E-state index >= 15 is 0 Å². The van der Waals surface area contributed by atoms with Crippen LogP contribution in [-0.4, -0.2) is 26.3 Å². The van der Waals surface area contributed by atoms with Crippen molar-refractivity contribution in [1.82, 2.24) is 15.1 Å². The van der Waals surface area contributed by atoms with E-state index in [1.165, 1.54) is 0 Å². The van der Waals surface area contributed by atoms with Crippen LogP contribution < -0.4 is 0 Å². The Labute approximate surface area is 97.1 Å². The molecule has 0 radical (unpaired) electrons. The number of pyridine rings is 1. The maximum absolute atomic E-state index is 9.17. The first-order valence-electron chi connectivity index (χ1n) is 4.78. The highest BCUT2D eigenvalue weighted by atomic mass is 35.5. The third kappa shape index (κ3) is 2.37. The molecule has 6 heteroatoms. The lowest BCUT2D eigenvalue weighted by Crippen LogP contribution is -2.04. The molecule has 0 bridgehead atoms. The van der Waals surface area contributed by atoms with E-state index in [2.05, 4.69) is 15.1 Å². The number of hydrogen-bond acceptors (Lipinski definition) is 5. The second-order valence-corrected chi connectivity index (χ2v) is 3.81. The number of hydrogen-bond donors (Lipinski definition) is 1. The molecule has 0 amide bonds. The number of rotatable bonds is 3. The van der Waals surface area contributed by atoms with E-state index in [1.54, 1.807) is 25.3 Å². The first-order valence-corrected chi connectivity index (χ1v) is 5.16. The van der Waals surface area contributed by atoms with E-state index in [9.17, 15) is 5.11 Å². The standard InChI is InChI=1S/C10H10ClN3O2/c1-6(15)5-8-13-10(14-16-8)9-7(11)3-2-4-12-9/h2-4,6,15H,5H2,1H3. The Hall–Kier alpha value is -1.46. The predicted octanol–water partition coefficient (Wildman–Crippen LogP) is 1.71. The Kier molecular flexibility index (Phi) is 3.17. The van der Waals surface area contributed by atoms with Gasteiger partial charge >= 0.3 is 0 Å². The molecule has 84 valence electrons. The minimum absolute atomic E-state index is 0.317. The van der Waals surface area contributed by atoms with Crippen LogP contribution in [0.15, 0.2) is 22.9 Å². The molecule has 0 aliphatic carbocycles. The summed E-state index contributed by atoms with van der Waals surface area (Å²) >= 11 is 5.94. The summed E-state index contributed by atoms with van der Waals surface area (Å²) in [5.41, 5.74) is 0.477. The first kappa shape index (κ1) is 11.0. The Morgan fingerprint density at radius 2 is 2.38 bits per heavy atom. The molecule has 2 aromatic heterocycles. The Morgan fingerprint density at radius 3 is 3.06 bits per heavy atom. The van der Waals surface area contributed by atoms with Crippen LogP contribution in [0.3, 0.4) is 0 Å². The highest BCUT2D eigenvalue weighted by molar-refractivity contribution is 6.32. The SMILES string of the molecule is CC(O)Cc1nc(-c2ncccc2Cl)no1. The molecule has 0 saturated carbocycles. The summed E-state index contributed by atoms with van der Waals surface area (Å²) in [6.45, 7) is 1.65. The van der Waals surface area contributed by atoms with Gasteiger partial charge in [-0.3, -0.25) is 4.98 Å². The molecule has 0 saturated heterocycles. The van der Waals surface area contributed by atoms with Crippen molar-refractivity contribution in [1.29, 1.82) is 0 Å². The topological polar surface area (TPSA) is 72.0 Å². The molecule has 2 heterocycles. The van der Waals surface area contributed by atoms with Gasteiger partial charge in [0.15, 0.2) is 0 Å². The number of aliphatic hydroxyl groups is 1. The number of halogens is 1. The monoisotopic (exact) mass is 239 g/mol. The summed E-state index contributed by atoms with van der Waals surface area (Å²) in [5, 5.41) is 13.4. The molecule has 0 fully saturated rings. The van der Waals surface area contributed by atoms with Gasteiger partial charge in [-0.15, -0.1) is 0 Å². The smallest absolute Gasteiger partial charge is 0.229 e. The summed E-state index contributed by atoms with van der Waals surface area (Å²) in [7, 11) is 0.